The summed E-state index contributed by atoms with van der Waals surface area (Å²) in [6.07, 6.45) is 5.70. The second kappa shape index (κ2) is 6.98. The largest absolute Gasteiger partial charge is 0.380 e. The summed E-state index contributed by atoms with van der Waals surface area (Å²) in [6, 6.07) is 10.8. The molecule has 3 aromatic rings. The molecule has 0 atom stereocenters. The zero-order valence-electron chi connectivity index (χ0n) is 14.2. The zero-order valence-corrected chi connectivity index (χ0v) is 15.0. The van der Waals surface area contributed by atoms with Crippen molar-refractivity contribution in [2.45, 2.75) is 25.8 Å². The highest BCUT2D eigenvalue weighted by molar-refractivity contribution is 6.33. The molecule has 0 amide bonds. The number of rotatable bonds is 3. The van der Waals surface area contributed by atoms with Crippen molar-refractivity contribution in [1.82, 2.24) is 15.3 Å². The van der Waals surface area contributed by atoms with Crippen LogP contribution in [-0.4, -0.2) is 29.1 Å². The van der Waals surface area contributed by atoms with Crippen LogP contribution >= 0.6 is 11.6 Å². The first-order chi connectivity index (χ1) is 12.2. The number of piperidine rings is 1. The first kappa shape index (κ1) is 16.3. The maximum absolute atomic E-state index is 6.50. The molecule has 0 aliphatic carbocycles. The monoisotopic (exact) mass is 352 g/mol. The molecule has 1 aliphatic heterocycles. The molecule has 0 saturated carbocycles. The third-order valence-corrected chi connectivity index (χ3v) is 5.13. The lowest BCUT2D eigenvalue weighted by Crippen LogP contribution is -2.35. The van der Waals surface area contributed by atoms with Gasteiger partial charge >= 0.3 is 0 Å². The second-order valence-electron chi connectivity index (χ2n) is 6.58. The fourth-order valence-corrected chi connectivity index (χ4v) is 3.87. The van der Waals surface area contributed by atoms with Gasteiger partial charge in [0.1, 0.15) is 6.33 Å². The molecule has 1 fully saturated rings. The molecule has 0 bridgehead atoms. The maximum Gasteiger partial charge on any atom is 0.116 e. The van der Waals surface area contributed by atoms with Crippen LogP contribution in [0.4, 0.5) is 5.69 Å². The van der Waals surface area contributed by atoms with Crippen molar-refractivity contribution in [3.8, 4) is 11.1 Å². The number of benzene rings is 2. The van der Waals surface area contributed by atoms with Crippen LogP contribution in [0.2, 0.25) is 5.02 Å². The van der Waals surface area contributed by atoms with E-state index in [0.29, 0.717) is 6.04 Å². The van der Waals surface area contributed by atoms with Gasteiger partial charge in [0.25, 0.3) is 0 Å². The second-order valence-corrected chi connectivity index (χ2v) is 6.99. The van der Waals surface area contributed by atoms with Gasteiger partial charge in [0.2, 0.25) is 0 Å². The highest BCUT2D eigenvalue weighted by atomic mass is 35.5. The number of nitrogens with one attached hydrogen (secondary N) is 2. The van der Waals surface area contributed by atoms with Crippen LogP contribution in [0.5, 0.6) is 0 Å². The zero-order chi connectivity index (χ0) is 17.2. The van der Waals surface area contributed by atoms with E-state index in [9.17, 15) is 0 Å². The Labute approximate surface area is 152 Å². The van der Waals surface area contributed by atoms with Gasteiger partial charge in [0.15, 0.2) is 0 Å². The minimum absolute atomic E-state index is 0.460. The molecule has 1 saturated heterocycles. The molecule has 128 valence electrons. The van der Waals surface area contributed by atoms with Gasteiger partial charge in [-0.15, -0.1) is 0 Å². The Kier molecular flexibility index (Phi) is 4.55. The van der Waals surface area contributed by atoms with Gasteiger partial charge in [-0.1, -0.05) is 23.7 Å². The van der Waals surface area contributed by atoms with Gasteiger partial charge in [-0.3, -0.25) is 0 Å². The Morgan fingerprint density at radius 3 is 2.84 bits per heavy atom. The molecule has 0 radical (unpaired) electrons. The van der Waals surface area contributed by atoms with Gasteiger partial charge in [-0.05, 0) is 62.2 Å². The van der Waals surface area contributed by atoms with Crippen LogP contribution in [0.15, 0.2) is 42.9 Å². The number of nitrogens with zero attached hydrogens (tertiary/aromatic N) is 2. The molecule has 0 spiro atoms. The van der Waals surface area contributed by atoms with Crippen LogP contribution < -0.4 is 10.6 Å². The van der Waals surface area contributed by atoms with Crippen LogP contribution in [0.25, 0.3) is 22.0 Å². The molecule has 4 rings (SSSR count). The fourth-order valence-electron chi connectivity index (χ4n) is 3.54. The van der Waals surface area contributed by atoms with E-state index in [2.05, 4.69) is 45.7 Å². The molecule has 25 heavy (non-hydrogen) atoms. The van der Waals surface area contributed by atoms with Crippen molar-refractivity contribution >= 4 is 28.2 Å². The molecule has 4 nitrogen and oxygen atoms in total. The number of hydrogen-bond donors (Lipinski definition) is 2. The summed E-state index contributed by atoms with van der Waals surface area (Å²) in [6.45, 7) is 4.19. The summed E-state index contributed by atoms with van der Waals surface area (Å²) >= 11 is 6.50. The number of aromatic nitrogens is 2. The lowest BCUT2D eigenvalue weighted by atomic mass is 9.97. The quantitative estimate of drug-likeness (QED) is 0.732. The number of aryl methyl sites for hydroxylation is 1. The van der Waals surface area contributed by atoms with E-state index in [1.54, 1.807) is 6.33 Å². The highest BCUT2D eigenvalue weighted by Gasteiger charge is 2.16. The average Bonchev–Trinajstić information content (AvgIpc) is 2.62. The lowest BCUT2D eigenvalue weighted by Gasteiger charge is -2.25. The third-order valence-electron chi connectivity index (χ3n) is 4.82. The maximum atomic E-state index is 6.50. The van der Waals surface area contributed by atoms with Gasteiger partial charge in [-0.25, -0.2) is 9.97 Å². The van der Waals surface area contributed by atoms with E-state index >= 15 is 0 Å². The Hall–Kier alpha value is -2.17. The minimum Gasteiger partial charge on any atom is -0.380 e. The molecule has 5 heteroatoms. The van der Waals surface area contributed by atoms with Crippen molar-refractivity contribution in [2.24, 2.45) is 0 Å². The predicted molar refractivity (Wildman–Crippen MR) is 104 cm³/mol. The van der Waals surface area contributed by atoms with E-state index in [4.69, 9.17) is 11.6 Å². The number of anilines is 1. The van der Waals surface area contributed by atoms with Crippen LogP contribution in [-0.2, 0) is 0 Å². The van der Waals surface area contributed by atoms with Crippen LogP contribution in [0, 0.1) is 6.92 Å². The smallest absolute Gasteiger partial charge is 0.116 e. The van der Waals surface area contributed by atoms with Crippen molar-refractivity contribution in [3.05, 3.63) is 53.4 Å². The summed E-state index contributed by atoms with van der Waals surface area (Å²) < 4.78 is 0. The van der Waals surface area contributed by atoms with Crippen molar-refractivity contribution in [1.29, 1.82) is 0 Å². The molecular formula is C20H21ClN4. The standard InChI is InChI=1S/C20H21ClN4/c1-13-3-2-4-17(21)19(13)14-9-15-11-23-12-24-20(15)18(10-14)25-16-5-7-22-8-6-16/h2-4,9-12,16,22,25H,5-8H2,1H3. The molecule has 1 aromatic heterocycles. The van der Waals surface area contributed by atoms with Gasteiger partial charge in [-0.2, -0.15) is 0 Å². The van der Waals surface area contributed by atoms with Gasteiger partial charge in [0, 0.05) is 28.2 Å². The summed E-state index contributed by atoms with van der Waals surface area (Å²) in [4.78, 5) is 8.70. The SMILES string of the molecule is Cc1cccc(Cl)c1-c1cc(NC2CCNCC2)c2ncncc2c1. The number of hydrogen-bond acceptors (Lipinski definition) is 4. The Morgan fingerprint density at radius 1 is 1.20 bits per heavy atom. The van der Waals surface area contributed by atoms with Crippen molar-refractivity contribution in [3.63, 3.8) is 0 Å². The van der Waals surface area contributed by atoms with E-state index in [0.717, 1.165) is 64.2 Å². The molecule has 2 aromatic carbocycles. The topological polar surface area (TPSA) is 49.8 Å². The molecule has 2 heterocycles. The first-order valence-corrected chi connectivity index (χ1v) is 9.06. The lowest BCUT2D eigenvalue weighted by molar-refractivity contribution is 0.479. The highest BCUT2D eigenvalue weighted by Crippen LogP contribution is 2.36. The van der Waals surface area contributed by atoms with E-state index in [1.807, 2.05) is 18.3 Å². The van der Waals surface area contributed by atoms with Crippen molar-refractivity contribution in [2.75, 3.05) is 18.4 Å². The Morgan fingerprint density at radius 2 is 2.04 bits per heavy atom. The normalized spacial score (nSPS) is 15.4. The average molecular weight is 353 g/mol. The molecular weight excluding hydrogens is 332 g/mol. The molecule has 0 unspecified atom stereocenters. The number of halogens is 1. The van der Waals surface area contributed by atoms with Crippen LogP contribution in [0.1, 0.15) is 18.4 Å². The Balaban J connectivity index is 1.83. The Bertz CT molecular complexity index is 883. The molecule has 1 aliphatic rings. The first-order valence-electron chi connectivity index (χ1n) is 8.69. The number of fused-ring (bicyclic) bond motifs is 1. The summed E-state index contributed by atoms with van der Waals surface area (Å²) in [7, 11) is 0. The fraction of sp³-hybridized carbons (Fsp3) is 0.300. The van der Waals surface area contributed by atoms with E-state index in [1.165, 1.54) is 0 Å². The van der Waals surface area contributed by atoms with E-state index < -0.39 is 0 Å². The predicted octanol–water partition coefficient (Wildman–Crippen LogP) is 4.42. The summed E-state index contributed by atoms with van der Waals surface area (Å²) in [5.74, 6) is 0. The summed E-state index contributed by atoms with van der Waals surface area (Å²) in [5, 5.41) is 8.90. The minimum atomic E-state index is 0.460. The summed E-state index contributed by atoms with van der Waals surface area (Å²) in [5.41, 5.74) is 5.35. The van der Waals surface area contributed by atoms with Gasteiger partial charge in [0.05, 0.1) is 11.2 Å². The van der Waals surface area contributed by atoms with E-state index in [-0.39, 0.29) is 0 Å². The van der Waals surface area contributed by atoms with Crippen LogP contribution in [0.3, 0.4) is 0 Å². The van der Waals surface area contributed by atoms with Gasteiger partial charge < -0.3 is 10.6 Å². The third kappa shape index (κ3) is 3.32. The van der Waals surface area contributed by atoms with Crippen molar-refractivity contribution < 1.29 is 0 Å². The molecule has 2 N–H and O–H groups in total.